The standard InChI is InChI=1S/C16H16O4/c17-14-8-6-12(7-9-16(18)19)10-15(14)20-11-13-4-2-1-3-5-13/h1-6,8,10,17H,7,9,11H2,(H,18,19). The molecule has 0 spiro atoms. The smallest absolute Gasteiger partial charge is 0.303 e. The number of hydrogen-bond acceptors (Lipinski definition) is 3. The molecule has 0 aromatic heterocycles. The Bertz CT molecular complexity index is 578. The zero-order chi connectivity index (χ0) is 14.4. The highest BCUT2D eigenvalue weighted by Crippen LogP contribution is 2.28. The van der Waals surface area contributed by atoms with Crippen LogP contribution in [0.4, 0.5) is 0 Å². The molecule has 2 rings (SSSR count). The van der Waals surface area contributed by atoms with Crippen LogP contribution in [0.15, 0.2) is 48.5 Å². The lowest BCUT2D eigenvalue weighted by atomic mass is 10.1. The Morgan fingerprint density at radius 3 is 2.50 bits per heavy atom. The number of carboxylic acids is 1. The minimum Gasteiger partial charge on any atom is -0.504 e. The first-order valence-corrected chi connectivity index (χ1v) is 6.35. The summed E-state index contributed by atoms with van der Waals surface area (Å²) in [6, 6.07) is 14.5. The van der Waals surface area contributed by atoms with Gasteiger partial charge in [-0.05, 0) is 29.7 Å². The molecule has 0 fully saturated rings. The van der Waals surface area contributed by atoms with Crippen LogP contribution in [-0.4, -0.2) is 16.2 Å². The molecule has 104 valence electrons. The van der Waals surface area contributed by atoms with E-state index >= 15 is 0 Å². The van der Waals surface area contributed by atoms with Crippen LogP contribution in [0.2, 0.25) is 0 Å². The van der Waals surface area contributed by atoms with Gasteiger partial charge in [0.25, 0.3) is 0 Å². The number of hydrogen-bond donors (Lipinski definition) is 2. The van der Waals surface area contributed by atoms with Gasteiger partial charge in [-0.15, -0.1) is 0 Å². The van der Waals surface area contributed by atoms with Gasteiger partial charge in [0.1, 0.15) is 6.61 Å². The minimum absolute atomic E-state index is 0.0556. The molecule has 2 aromatic carbocycles. The zero-order valence-electron chi connectivity index (χ0n) is 11.0. The number of benzene rings is 2. The monoisotopic (exact) mass is 272 g/mol. The van der Waals surface area contributed by atoms with E-state index in [-0.39, 0.29) is 12.2 Å². The first-order chi connectivity index (χ1) is 9.65. The van der Waals surface area contributed by atoms with Crippen LogP contribution in [0.3, 0.4) is 0 Å². The van der Waals surface area contributed by atoms with Crippen LogP contribution >= 0.6 is 0 Å². The SMILES string of the molecule is O=C(O)CCc1ccc(O)c(OCc2ccccc2)c1. The molecule has 0 heterocycles. The van der Waals surface area contributed by atoms with Crippen LogP contribution < -0.4 is 4.74 Å². The second-order valence-electron chi connectivity index (χ2n) is 4.47. The van der Waals surface area contributed by atoms with Crippen molar-refractivity contribution in [1.29, 1.82) is 0 Å². The number of aromatic hydroxyl groups is 1. The highest BCUT2D eigenvalue weighted by atomic mass is 16.5. The fourth-order valence-electron chi connectivity index (χ4n) is 1.82. The lowest BCUT2D eigenvalue weighted by Crippen LogP contribution is -1.99. The molecule has 4 nitrogen and oxygen atoms in total. The van der Waals surface area contributed by atoms with Gasteiger partial charge >= 0.3 is 5.97 Å². The zero-order valence-corrected chi connectivity index (χ0v) is 11.0. The second-order valence-corrected chi connectivity index (χ2v) is 4.47. The maximum absolute atomic E-state index is 10.6. The number of phenols is 1. The number of rotatable bonds is 6. The number of ether oxygens (including phenoxy) is 1. The third-order valence-electron chi connectivity index (χ3n) is 2.89. The van der Waals surface area contributed by atoms with Crippen molar-refractivity contribution < 1.29 is 19.7 Å². The Labute approximate surface area is 117 Å². The minimum atomic E-state index is -0.843. The van der Waals surface area contributed by atoms with E-state index in [1.807, 2.05) is 30.3 Å². The number of aryl methyl sites for hydroxylation is 1. The average molecular weight is 272 g/mol. The molecule has 0 aliphatic heterocycles. The fourth-order valence-corrected chi connectivity index (χ4v) is 1.82. The second kappa shape index (κ2) is 6.61. The van der Waals surface area contributed by atoms with E-state index in [4.69, 9.17) is 9.84 Å². The van der Waals surface area contributed by atoms with Gasteiger partial charge < -0.3 is 14.9 Å². The fraction of sp³-hybridized carbons (Fsp3) is 0.188. The van der Waals surface area contributed by atoms with Crippen molar-refractivity contribution >= 4 is 5.97 Å². The molecular weight excluding hydrogens is 256 g/mol. The maximum atomic E-state index is 10.6. The van der Waals surface area contributed by atoms with Crippen molar-refractivity contribution in [3.63, 3.8) is 0 Å². The summed E-state index contributed by atoms with van der Waals surface area (Å²) in [6.07, 6.45) is 0.472. The Kier molecular flexibility index (Phi) is 4.60. The van der Waals surface area contributed by atoms with Crippen LogP contribution in [0.1, 0.15) is 17.5 Å². The van der Waals surface area contributed by atoms with E-state index in [0.717, 1.165) is 11.1 Å². The lowest BCUT2D eigenvalue weighted by molar-refractivity contribution is -0.136. The van der Waals surface area contributed by atoms with Gasteiger partial charge in [-0.1, -0.05) is 36.4 Å². The van der Waals surface area contributed by atoms with Crippen LogP contribution in [0.5, 0.6) is 11.5 Å². The van der Waals surface area contributed by atoms with Crippen molar-refractivity contribution in [2.75, 3.05) is 0 Å². The summed E-state index contributed by atoms with van der Waals surface area (Å²) in [4.78, 5) is 10.6. The molecule has 0 saturated heterocycles. The molecule has 0 atom stereocenters. The highest BCUT2D eigenvalue weighted by molar-refractivity contribution is 5.67. The van der Waals surface area contributed by atoms with Gasteiger partial charge in [-0.25, -0.2) is 0 Å². The van der Waals surface area contributed by atoms with Crippen LogP contribution in [0, 0.1) is 0 Å². The summed E-state index contributed by atoms with van der Waals surface area (Å²) in [5, 5.41) is 18.4. The molecule has 0 bridgehead atoms. The predicted octanol–water partition coefficient (Wildman–Crippen LogP) is 2.99. The van der Waals surface area contributed by atoms with Gasteiger partial charge in [0.2, 0.25) is 0 Å². The van der Waals surface area contributed by atoms with Gasteiger partial charge in [-0.2, -0.15) is 0 Å². The Morgan fingerprint density at radius 1 is 1.05 bits per heavy atom. The van der Waals surface area contributed by atoms with Gasteiger partial charge in [0.15, 0.2) is 11.5 Å². The average Bonchev–Trinajstić information content (AvgIpc) is 2.46. The largest absolute Gasteiger partial charge is 0.504 e. The molecule has 0 radical (unpaired) electrons. The number of carboxylic acid groups (broad SMARTS) is 1. The Morgan fingerprint density at radius 2 is 1.80 bits per heavy atom. The number of aliphatic carboxylic acids is 1. The quantitative estimate of drug-likeness (QED) is 0.848. The first-order valence-electron chi connectivity index (χ1n) is 6.35. The van der Waals surface area contributed by atoms with E-state index in [1.165, 1.54) is 6.07 Å². The Hall–Kier alpha value is -2.49. The van der Waals surface area contributed by atoms with Gasteiger partial charge in [0.05, 0.1) is 0 Å². The molecule has 0 unspecified atom stereocenters. The summed E-state index contributed by atoms with van der Waals surface area (Å²) in [5.41, 5.74) is 1.83. The van der Waals surface area contributed by atoms with E-state index in [2.05, 4.69) is 0 Å². The highest BCUT2D eigenvalue weighted by Gasteiger charge is 2.06. The lowest BCUT2D eigenvalue weighted by Gasteiger charge is -2.10. The normalized spacial score (nSPS) is 10.2. The predicted molar refractivity (Wildman–Crippen MR) is 74.8 cm³/mol. The summed E-state index contributed by atoms with van der Waals surface area (Å²) in [6.45, 7) is 0.358. The molecule has 2 N–H and O–H groups in total. The van der Waals surface area contributed by atoms with Crippen molar-refractivity contribution in [3.05, 3.63) is 59.7 Å². The van der Waals surface area contributed by atoms with Crippen molar-refractivity contribution in [2.45, 2.75) is 19.4 Å². The maximum Gasteiger partial charge on any atom is 0.303 e. The molecule has 0 amide bonds. The van der Waals surface area contributed by atoms with Crippen molar-refractivity contribution in [3.8, 4) is 11.5 Å². The third kappa shape index (κ3) is 4.02. The summed E-state index contributed by atoms with van der Waals surface area (Å²) in [5.74, 6) is -0.415. The molecule has 0 saturated carbocycles. The number of carbonyl (C=O) groups is 1. The first kappa shape index (κ1) is 13.9. The Balaban J connectivity index is 2.03. The van der Waals surface area contributed by atoms with Gasteiger partial charge in [-0.3, -0.25) is 4.79 Å². The van der Waals surface area contributed by atoms with Crippen LogP contribution in [-0.2, 0) is 17.8 Å². The molecule has 2 aromatic rings. The summed E-state index contributed by atoms with van der Waals surface area (Å²) < 4.78 is 5.57. The third-order valence-corrected chi connectivity index (χ3v) is 2.89. The van der Waals surface area contributed by atoms with Gasteiger partial charge in [0, 0.05) is 6.42 Å². The molecule has 20 heavy (non-hydrogen) atoms. The van der Waals surface area contributed by atoms with Crippen molar-refractivity contribution in [2.24, 2.45) is 0 Å². The number of phenolic OH excluding ortho intramolecular Hbond substituents is 1. The molecule has 4 heteroatoms. The van der Waals surface area contributed by atoms with E-state index in [1.54, 1.807) is 12.1 Å². The van der Waals surface area contributed by atoms with E-state index < -0.39 is 5.97 Å². The molecular formula is C16H16O4. The summed E-state index contributed by atoms with van der Waals surface area (Å²) in [7, 11) is 0. The molecule has 0 aliphatic rings. The summed E-state index contributed by atoms with van der Waals surface area (Å²) >= 11 is 0. The van der Waals surface area contributed by atoms with Crippen molar-refractivity contribution in [1.82, 2.24) is 0 Å². The van der Waals surface area contributed by atoms with E-state index in [9.17, 15) is 9.90 Å². The van der Waals surface area contributed by atoms with Crippen LogP contribution in [0.25, 0.3) is 0 Å². The topological polar surface area (TPSA) is 66.8 Å². The van der Waals surface area contributed by atoms with E-state index in [0.29, 0.717) is 18.8 Å². The molecule has 0 aliphatic carbocycles.